The molecular weight excluding hydrogens is 394 g/mol. The summed E-state index contributed by atoms with van der Waals surface area (Å²) in [5.41, 5.74) is 1.31. The van der Waals surface area contributed by atoms with E-state index in [1.807, 2.05) is 45.0 Å². The molecule has 0 aliphatic heterocycles. The van der Waals surface area contributed by atoms with Crippen molar-refractivity contribution in [3.63, 3.8) is 0 Å². The summed E-state index contributed by atoms with van der Waals surface area (Å²) in [5, 5.41) is 11.5. The molecule has 7 nitrogen and oxygen atoms in total. The monoisotopic (exact) mass is 429 g/mol. The lowest BCUT2D eigenvalue weighted by molar-refractivity contribution is -0.121. The molecule has 2 N–H and O–H groups in total. The van der Waals surface area contributed by atoms with Gasteiger partial charge in [-0.15, -0.1) is 0 Å². The summed E-state index contributed by atoms with van der Waals surface area (Å²) < 4.78 is 21.9. The van der Waals surface area contributed by atoms with Gasteiger partial charge in [0.05, 0.1) is 45.2 Å². The van der Waals surface area contributed by atoms with E-state index in [4.69, 9.17) is 24.1 Å². The first-order chi connectivity index (χ1) is 14.0. The number of aliphatic hydroxyl groups excluding tert-OH is 1. The Kier molecular flexibility index (Phi) is 14.0. The summed E-state index contributed by atoms with van der Waals surface area (Å²) in [4.78, 5) is 12.0. The molecular formula is C21H35NO6S. The van der Waals surface area contributed by atoms with Gasteiger partial charge in [0.2, 0.25) is 5.91 Å². The molecule has 0 saturated carbocycles. The zero-order valence-corrected chi connectivity index (χ0v) is 18.6. The molecule has 0 saturated heterocycles. The zero-order chi connectivity index (χ0) is 21.4. The van der Waals surface area contributed by atoms with Crippen molar-refractivity contribution in [3.8, 4) is 0 Å². The molecule has 0 aliphatic carbocycles. The molecule has 0 atom stereocenters. The Bertz CT molecular complexity index is 570. The highest BCUT2D eigenvalue weighted by atomic mass is 32.2. The second-order valence-electron chi connectivity index (χ2n) is 6.69. The van der Waals surface area contributed by atoms with Crippen molar-refractivity contribution in [2.75, 3.05) is 69.7 Å². The summed E-state index contributed by atoms with van der Waals surface area (Å²) in [5.74, 6) is 1.40. The van der Waals surface area contributed by atoms with Crippen LogP contribution in [0.5, 0.6) is 0 Å². The van der Waals surface area contributed by atoms with Crippen molar-refractivity contribution >= 4 is 23.4 Å². The van der Waals surface area contributed by atoms with E-state index in [1.165, 1.54) is 0 Å². The molecule has 0 aliphatic rings. The van der Waals surface area contributed by atoms with E-state index >= 15 is 0 Å². The van der Waals surface area contributed by atoms with Gasteiger partial charge in [0.1, 0.15) is 6.61 Å². The molecule has 29 heavy (non-hydrogen) atoms. The number of hydrogen-bond donors (Lipinski definition) is 2. The van der Waals surface area contributed by atoms with Crippen LogP contribution in [0.1, 0.15) is 26.3 Å². The van der Waals surface area contributed by atoms with E-state index in [0.717, 1.165) is 22.8 Å². The molecule has 0 unspecified atom stereocenters. The predicted molar refractivity (Wildman–Crippen MR) is 117 cm³/mol. The quantitative estimate of drug-likeness (QED) is 0.368. The standard InChI is InChI=1S/C21H35NO6S/c1-4-28-21(2,3)18-6-5-7-19(16-18)22-20(24)17-27-12-11-25-9-10-26-13-15-29-14-8-23/h5-7,16,23H,4,8-15,17H2,1-3H3,(H,22,24). The molecule has 1 aromatic rings. The number of benzene rings is 1. The van der Waals surface area contributed by atoms with Crippen LogP contribution in [0.15, 0.2) is 24.3 Å². The van der Waals surface area contributed by atoms with Gasteiger partial charge in [-0.05, 0) is 38.5 Å². The topological polar surface area (TPSA) is 86.3 Å². The van der Waals surface area contributed by atoms with Crippen molar-refractivity contribution in [2.45, 2.75) is 26.4 Å². The van der Waals surface area contributed by atoms with Crippen molar-refractivity contribution in [3.05, 3.63) is 29.8 Å². The molecule has 1 amide bonds. The summed E-state index contributed by atoms with van der Waals surface area (Å²) in [6.45, 7) is 9.17. The number of hydrogen-bond acceptors (Lipinski definition) is 7. The summed E-state index contributed by atoms with van der Waals surface area (Å²) in [6, 6.07) is 7.64. The zero-order valence-electron chi connectivity index (χ0n) is 17.8. The number of carbonyl (C=O) groups is 1. The average Bonchev–Trinajstić information content (AvgIpc) is 2.69. The third-order valence-corrected chi connectivity index (χ3v) is 4.86. The summed E-state index contributed by atoms with van der Waals surface area (Å²) in [7, 11) is 0. The third kappa shape index (κ3) is 12.2. The molecule has 8 heteroatoms. The third-order valence-electron chi connectivity index (χ3n) is 3.93. The molecule has 0 bridgehead atoms. The van der Waals surface area contributed by atoms with Gasteiger partial charge in [0.25, 0.3) is 0 Å². The normalized spacial score (nSPS) is 11.6. The first kappa shape index (κ1) is 25.9. The fourth-order valence-electron chi connectivity index (χ4n) is 2.50. The predicted octanol–water partition coefficient (Wildman–Crippen LogP) is 2.67. The highest BCUT2D eigenvalue weighted by Gasteiger charge is 2.20. The van der Waals surface area contributed by atoms with Crippen molar-refractivity contribution in [1.82, 2.24) is 0 Å². The van der Waals surface area contributed by atoms with Gasteiger partial charge in [0, 0.05) is 23.8 Å². The SMILES string of the molecule is CCOC(C)(C)c1cccc(NC(=O)COCCOCCOCCSCCO)c1. The van der Waals surface area contributed by atoms with Crippen LogP contribution in [0, 0.1) is 0 Å². The molecule has 0 heterocycles. The Morgan fingerprint density at radius 1 is 1.07 bits per heavy atom. The van der Waals surface area contributed by atoms with E-state index in [0.29, 0.717) is 39.6 Å². The molecule has 1 rings (SSSR count). The van der Waals surface area contributed by atoms with E-state index in [2.05, 4.69) is 5.32 Å². The number of anilines is 1. The van der Waals surface area contributed by atoms with Crippen LogP contribution < -0.4 is 5.32 Å². The highest BCUT2D eigenvalue weighted by Crippen LogP contribution is 2.26. The molecule has 0 fully saturated rings. The number of rotatable bonds is 17. The van der Waals surface area contributed by atoms with Gasteiger partial charge in [-0.3, -0.25) is 4.79 Å². The minimum Gasteiger partial charge on any atom is -0.396 e. The van der Waals surface area contributed by atoms with E-state index in [1.54, 1.807) is 11.8 Å². The lowest BCUT2D eigenvalue weighted by Gasteiger charge is -2.25. The molecule has 166 valence electrons. The summed E-state index contributed by atoms with van der Waals surface area (Å²) in [6.07, 6.45) is 0. The van der Waals surface area contributed by atoms with Gasteiger partial charge in [-0.1, -0.05) is 12.1 Å². The van der Waals surface area contributed by atoms with Crippen LogP contribution in [0.4, 0.5) is 5.69 Å². The first-order valence-corrected chi connectivity index (χ1v) is 11.1. The van der Waals surface area contributed by atoms with Gasteiger partial charge in [0.15, 0.2) is 0 Å². The maximum atomic E-state index is 12.0. The first-order valence-electron chi connectivity index (χ1n) is 9.95. The maximum Gasteiger partial charge on any atom is 0.250 e. The second-order valence-corrected chi connectivity index (χ2v) is 7.91. The van der Waals surface area contributed by atoms with E-state index in [-0.39, 0.29) is 19.1 Å². The fourth-order valence-corrected chi connectivity index (χ4v) is 3.07. The Morgan fingerprint density at radius 2 is 1.76 bits per heavy atom. The smallest absolute Gasteiger partial charge is 0.250 e. The Balaban J connectivity index is 2.11. The Hall–Kier alpha value is -1.16. The van der Waals surface area contributed by atoms with Gasteiger partial charge >= 0.3 is 0 Å². The lowest BCUT2D eigenvalue weighted by Crippen LogP contribution is -2.23. The number of carbonyl (C=O) groups excluding carboxylic acids is 1. The number of nitrogens with one attached hydrogen (secondary N) is 1. The minimum absolute atomic E-state index is 0.0268. The molecule has 0 spiro atoms. The average molecular weight is 430 g/mol. The summed E-state index contributed by atoms with van der Waals surface area (Å²) >= 11 is 1.66. The Labute approximate surface area is 178 Å². The molecule has 0 aromatic heterocycles. The molecule has 0 radical (unpaired) electrons. The van der Waals surface area contributed by atoms with Crippen LogP contribution in [0.25, 0.3) is 0 Å². The van der Waals surface area contributed by atoms with Crippen molar-refractivity contribution < 1.29 is 28.8 Å². The second kappa shape index (κ2) is 15.6. The van der Waals surface area contributed by atoms with Gasteiger partial charge in [-0.2, -0.15) is 11.8 Å². The number of aliphatic hydroxyl groups is 1. The number of ether oxygens (including phenoxy) is 4. The van der Waals surface area contributed by atoms with Crippen molar-refractivity contribution in [2.24, 2.45) is 0 Å². The molecule has 1 aromatic carbocycles. The Morgan fingerprint density at radius 3 is 2.45 bits per heavy atom. The van der Waals surface area contributed by atoms with Crippen LogP contribution in [0.2, 0.25) is 0 Å². The van der Waals surface area contributed by atoms with E-state index < -0.39 is 5.60 Å². The van der Waals surface area contributed by atoms with Gasteiger partial charge < -0.3 is 29.4 Å². The number of thioether (sulfide) groups is 1. The van der Waals surface area contributed by atoms with Crippen LogP contribution in [0.3, 0.4) is 0 Å². The lowest BCUT2D eigenvalue weighted by atomic mass is 9.97. The van der Waals surface area contributed by atoms with Crippen LogP contribution in [-0.4, -0.2) is 75.4 Å². The fraction of sp³-hybridized carbons (Fsp3) is 0.667. The van der Waals surface area contributed by atoms with Gasteiger partial charge in [-0.25, -0.2) is 0 Å². The van der Waals surface area contributed by atoms with Crippen LogP contribution in [-0.2, 0) is 29.3 Å². The van der Waals surface area contributed by atoms with E-state index in [9.17, 15) is 4.79 Å². The maximum absolute atomic E-state index is 12.0. The van der Waals surface area contributed by atoms with Crippen molar-refractivity contribution in [1.29, 1.82) is 0 Å². The minimum atomic E-state index is -0.411. The van der Waals surface area contributed by atoms with Crippen LogP contribution >= 0.6 is 11.8 Å². The number of amides is 1. The largest absolute Gasteiger partial charge is 0.396 e. The highest BCUT2D eigenvalue weighted by molar-refractivity contribution is 7.99.